The molecule has 0 amide bonds. The maximum absolute atomic E-state index is 5.52. The second-order valence-corrected chi connectivity index (χ2v) is 5.25. The molecule has 0 unspecified atom stereocenters. The number of halogens is 1. The van der Waals surface area contributed by atoms with Crippen molar-refractivity contribution in [1.82, 2.24) is 0 Å². The molecule has 1 aromatic carbocycles. The van der Waals surface area contributed by atoms with E-state index >= 15 is 0 Å². The van der Waals surface area contributed by atoms with Gasteiger partial charge in [-0.15, -0.1) is 24.0 Å². The number of thiol groups is 1. The highest BCUT2D eigenvalue weighted by molar-refractivity contribution is 14.1. The summed E-state index contributed by atoms with van der Waals surface area (Å²) >= 11 is 8.53. The predicted molar refractivity (Wildman–Crippen MR) is 73.0 cm³/mol. The van der Waals surface area contributed by atoms with Gasteiger partial charge in [-0.2, -0.15) is 0 Å². The Morgan fingerprint density at radius 2 is 2.36 bits per heavy atom. The summed E-state index contributed by atoms with van der Waals surface area (Å²) in [5.41, 5.74) is 0. The van der Waals surface area contributed by atoms with Gasteiger partial charge in [0, 0.05) is 8.27 Å². The van der Waals surface area contributed by atoms with Crippen LogP contribution in [0.4, 0.5) is 0 Å². The Bertz CT molecular complexity index is 464. The fraction of sp³-hybridized carbons (Fsp3) is 0.200. The number of rotatable bonds is 2. The van der Waals surface area contributed by atoms with Crippen molar-refractivity contribution in [2.75, 3.05) is 6.61 Å². The number of ether oxygens (including phenoxy) is 1. The standard InChI is InChI=1S/C10H9IOS2/c1-2-12-7-5-6-3-4-14-10(6)8(11)9(7)13/h3-5,13H,2H2,1H3. The molecule has 0 spiro atoms. The van der Waals surface area contributed by atoms with E-state index in [1.807, 2.05) is 6.92 Å². The summed E-state index contributed by atoms with van der Waals surface area (Å²) in [6, 6.07) is 4.16. The number of thiophene rings is 1. The van der Waals surface area contributed by atoms with Crippen molar-refractivity contribution in [3.05, 3.63) is 21.1 Å². The van der Waals surface area contributed by atoms with Crippen LogP contribution in [0.3, 0.4) is 0 Å². The van der Waals surface area contributed by atoms with Gasteiger partial charge in [0.05, 0.1) is 11.5 Å². The Morgan fingerprint density at radius 1 is 1.57 bits per heavy atom. The van der Waals surface area contributed by atoms with Crippen LogP contribution in [-0.2, 0) is 0 Å². The number of benzene rings is 1. The molecular formula is C10H9IOS2. The van der Waals surface area contributed by atoms with Crippen LogP contribution in [0.2, 0.25) is 0 Å². The van der Waals surface area contributed by atoms with E-state index in [0.717, 1.165) is 10.6 Å². The van der Waals surface area contributed by atoms with E-state index in [4.69, 9.17) is 4.74 Å². The molecule has 14 heavy (non-hydrogen) atoms. The van der Waals surface area contributed by atoms with Gasteiger partial charge in [-0.05, 0) is 52.4 Å². The molecule has 0 aliphatic heterocycles. The van der Waals surface area contributed by atoms with Gasteiger partial charge < -0.3 is 4.74 Å². The first-order valence-electron chi connectivity index (χ1n) is 4.25. The molecule has 0 saturated heterocycles. The maximum Gasteiger partial charge on any atom is 0.134 e. The van der Waals surface area contributed by atoms with Gasteiger partial charge in [-0.1, -0.05) is 0 Å². The van der Waals surface area contributed by atoms with Gasteiger partial charge in [0.1, 0.15) is 5.75 Å². The summed E-state index contributed by atoms with van der Waals surface area (Å²) in [7, 11) is 0. The highest BCUT2D eigenvalue weighted by Gasteiger charge is 2.10. The van der Waals surface area contributed by atoms with Crippen molar-refractivity contribution >= 4 is 56.6 Å². The number of hydrogen-bond donors (Lipinski definition) is 1. The zero-order valence-corrected chi connectivity index (χ0v) is 11.4. The van der Waals surface area contributed by atoms with Crippen LogP contribution in [0.25, 0.3) is 10.1 Å². The third kappa shape index (κ3) is 1.75. The summed E-state index contributed by atoms with van der Waals surface area (Å²) in [6.45, 7) is 2.66. The molecule has 0 saturated carbocycles. The normalized spacial score (nSPS) is 10.8. The molecule has 0 bridgehead atoms. The summed E-state index contributed by atoms with van der Waals surface area (Å²) < 4.78 is 7.99. The van der Waals surface area contributed by atoms with Crippen molar-refractivity contribution < 1.29 is 4.74 Å². The average molecular weight is 336 g/mol. The number of fused-ring (bicyclic) bond motifs is 1. The second-order valence-electron chi connectivity index (χ2n) is 2.81. The zero-order chi connectivity index (χ0) is 10.1. The Labute approximate surface area is 106 Å². The van der Waals surface area contributed by atoms with Crippen molar-refractivity contribution in [3.8, 4) is 5.75 Å². The fourth-order valence-corrected chi connectivity index (χ4v) is 3.40. The minimum atomic E-state index is 0.680. The first kappa shape index (κ1) is 10.6. The third-order valence-corrected chi connectivity index (χ3v) is 5.19. The lowest BCUT2D eigenvalue weighted by atomic mass is 10.2. The van der Waals surface area contributed by atoms with Crippen LogP contribution in [0.1, 0.15) is 6.92 Å². The minimum Gasteiger partial charge on any atom is -0.493 e. The van der Waals surface area contributed by atoms with Gasteiger partial charge in [-0.3, -0.25) is 0 Å². The molecule has 1 aromatic heterocycles. The average Bonchev–Trinajstić information content (AvgIpc) is 2.62. The fourth-order valence-electron chi connectivity index (χ4n) is 1.30. The van der Waals surface area contributed by atoms with Crippen LogP contribution in [0.5, 0.6) is 5.75 Å². The molecule has 2 aromatic rings. The molecule has 74 valence electrons. The Hall–Kier alpha value is 0.0600. The molecule has 1 heterocycles. The zero-order valence-electron chi connectivity index (χ0n) is 7.58. The Morgan fingerprint density at radius 3 is 3.07 bits per heavy atom. The van der Waals surface area contributed by atoms with E-state index in [9.17, 15) is 0 Å². The smallest absolute Gasteiger partial charge is 0.134 e. The topological polar surface area (TPSA) is 9.23 Å². The van der Waals surface area contributed by atoms with Crippen molar-refractivity contribution in [2.24, 2.45) is 0 Å². The van der Waals surface area contributed by atoms with Gasteiger partial charge >= 0.3 is 0 Å². The maximum atomic E-state index is 5.52. The lowest BCUT2D eigenvalue weighted by Gasteiger charge is -2.08. The molecule has 0 atom stereocenters. The molecule has 0 aliphatic rings. The lowest BCUT2D eigenvalue weighted by Crippen LogP contribution is -1.93. The van der Waals surface area contributed by atoms with E-state index < -0.39 is 0 Å². The summed E-state index contributed by atoms with van der Waals surface area (Å²) in [6.07, 6.45) is 0. The molecule has 1 nitrogen and oxygen atoms in total. The van der Waals surface area contributed by atoms with Crippen molar-refractivity contribution in [1.29, 1.82) is 0 Å². The quantitative estimate of drug-likeness (QED) is 0.639. The van der Waals surface area contributed by atoms with E-state index in [0.29, 0.717) is 6.61 Å². The minimum absolute atomic E-state index is 0.680. The molecule has 2 rings (SSSR count). The SMILES string of the molecule is CCOc1cc2ccsc2c(I)c1S. The van der Waals surface area contributed by atoms with Crippen LogP contribution in [0, 0.1) is 3.57 Å². The predicted octanol–water partition coefficient (Wildman–Crippen LogP) is 4.19. The van der Waals surface area contributed by atoms with E-state index in [1.54, 1.807) is 11.3 Å². The second kappa shape index (κ2) is 4.28. The van der Waals surface area contributed by atoms with Crippen molar-refractivity contribution in [2.45, 2.75) is 11.8 Å². The molecule has 0 fully saturated rings. The molecular weight excluding hydrogens is 327 g/mol. The highest BCUT2D eigenvalue weighted by atomic mass is 127. The number of hydrogen-bond acceptors (Lipinski definition) is 3. The van der Waals surface area contributed by atoms with E-state index in [1.165, 1.54) is 13.7 Å². The first-order chi connectivity index (χ1) is 6.74. The van der Waals surface area contributed by atoms with Gasteiger partial charge in [-0.25, -0.2) is 0 Å². The summed E-state index contributed by atoms with van der Waals surface area (Å²) in [4.78, 5) is 0.947. The Balaban J connectivity index is 2.67. The van der Waals surface area contributed by atoms with Crippen molar-refractivity contribution in [3.63, 3.8) is 0 Å². The third-order valence-electron chi connectivity index (χ3n) is 1.92. The van der Waals surface area contributed by atoms with Gasteiger partial charge in [0.25, 0.3) is 0 Å². The highest BCUT2D eigenvalue weighted by Crippen LogP contribution is 2.37. The van der Waals surface area contributed by atoms with E-state index in [-0.39, 0.29) is 0 Å². The monoisotopic (exact) mass is 336 g/mol. The van der Waals surface area contributed by atoms with Crippen LogP contribution in [0.15, 0.2) is 22.4 Å². The molecule has 4 heteroatoms. The van der Waals surface area contributed by atoms with Crippen LogP contribution < -0.4 is 4.74 Å². The van der Waals surface area contributed by atoms with Crippen LogP contribution in [-0.4, -0.2) is 6.61 Å². The Kier molecular flexibility index (Phi) is 3.23. The summed E-state index contributed by atoms with van der Waals surface area (Å²) in [5.74, 6) is 0.881. The van der Waals surface area contributed by atoms with Crippen LogP contribution >= 0.6 is 46.6 Å². The molecule has 0 aliphatic carbocycles. The van der Waals surface area contributed by atoms with Gasteiger partial charge in [0.2, 0.25) is 0 Å². The molecule has 0 radical (unpaired) electrons. The van der Waals surface area contributed by atoms with E-state index in [2.05, 4.69) is 52.7 Å². The first-order valence-corrected chi connectivity index (χ1v) is 6.66. The molecule has 0 N–H and O–H groups in total. The summed E-state index contributed by atoms with van der Waals surface area (Å²) in [5, 5.41) is 3.33. The largest absolute Gasteiger partial charge is 0.493 e. The lowest BCUT2D eigenvalue weighted by molar-refractivity contribution is 0.332. The van der Waals surface area contributed by atoms with Gasteiger partial charge in [0.15, 0.2) is 0 Å².